The molecule has 3 nitrogen and oxygen atoms in total. The zero-order valence-corrected chi connectivity index (χ0v) is 11.9. The van der Waals surface area contributed by atoms with Crippen molar-refractivity contribution in [3.8, 4) is 0 Å². The van der Waals surface area contributed by atoms with Crippen LogP contribution in [-0.4, -0.2) is 29.4 Å². The summed E-state index contributed by atoms with van der Waals surface area (Å²) in [4.78, 5) is 18.1. The Kier molecular flexibility index (Phi) is 3.48. The lowest BCUT2D eigenvalue weighted by atomic mass is 9.88. The number of hydrogen-bond donors (Lipinski definition) is 0. The van der Waals surface area contributed by atoms with Gasteiger partial charge in [-0.05, 0) is 49.1 Å². The fourth-order valence-corrected chi connectivity index (χ4v) is 3.87. The standard InChI is InChI=1S/C15H19ClN2O/c1-18(9-13-7-10-2-3-11(13)6-10)15(19)12-4-5-14(16)17-8-12/h4-5,8,10-11,13H,2-3,6-7,9H2,1H3. The first-order chi connectivity index (χ1) is 9.13. The normalized spacial score (nSPS) is 28.6. The van der Waals surface area contributed by atoms with E-state index in [0.717, 1.165) is 18.4 Å². The SMILES string of the molecule is CN(CC1CC2CCC1C2)C(=O)c1ccc(Cl)nc1. The Morgan fingerprint density at radius 1 is 1.42 bits per heavy atom. The highest BCUT2D eigenvalue weighted by molar-refractivity contribution is 6.29. The molecule has 3 unspecified atom stereocenters. The number of nitrogens with zero attached hydrogens (tertiary/aromatic N) is 2. The first-order valence-corrected chi connectivity index (χ1v) is 7.38. The predicted molar refractivity (Wildman–Crippen MR) is 75.1 cm³/mol. The Hall–Kier alpha value is -1.09. The van der Waals surface area contributed by atoms with Crippen molar-refractivity contribution in [2.75, 3.05) is 13.6 Å². The van der Waals surface area contributed by atoms with Gasteiger partial charge in [0.1, 0.15) is 5.15 Å². The van der Waals surface area contributed by atoms with Gasteiger partial charge < -0.3 is 4.90 Å². The summed E-state index contributed by atoms with van der Waals surface area (Å²) in [5.41, 5.74) is 0.620. The van der Waals surface area contributed by atoms with Crippen LogP contribution in [0.4, 0.5) is 0 Å². The van der Waals surface area contributed by atoms with E-state index in [2.05, 4.69) is 4.98 Å². The largest absolute Gasteiger partial charge is 0.341 e. The Morgan fingerprint density at radius 2 is 2.26 bits per heavy atom. The number of rotatable bonds is 3. The maximum atomic E-state index is 12.3. The van der Waals surface area contributed by atoms with Crippen LogP contribution in [0.3, 0.4) is 0 Å². The molecule has 19 heavy (non-hydrogen) atoms. The van der Waals surface area contributed by atoms with Gasteiger partial charge in [0.2, 0.25) is 0 Å². The van der Waals surface area contributed by atoms with Gasteiger partial charge in [-0.25, -0.2) is 4.98 Å². The smallest absolute Gasteiger partial charge is 0.255 e. The van der Waals surface area contributed by atoms with E-state index in [1.807, 2.05) is 11.9 Å². The second-order valence-electron chi connectivity index (χ2n) is 5.99. The summed E-state index contributed by atoms with van der Waals surface area (Å²) in [5, 5.41) is 0.423. The first kappa shape index (κ1) is 12.9. The van der Waals surface area contributed by atoms with Gasteiger partial charge in [0, 0.05) is 19.8 Å². The third-order valence-electron chi connectivity index (χ3n) is 4.71. The van der Waals surface area contributed by atoms with Crippen molar-refractivity contribution in [2.24, 2.45) is 17.8 Å². The van der Waals surface area contributed by atoms with Crippen molar-refractivity contribution in [1.29, 1.82) is 0 Å². The highest BCUT2D eigenvalue weighted by Crippen LogP contribution is 2.48. The molecule has 3 atom stereocenters. The number of amides is 1. The summed E-state index contributed by atoms with van der Waals surface area (Å²) in [5.74, 6) is 2.53. The fraction of sp³-hybridized carbons (Fsp3) is 0.600. The molecule has 0 N–H and O–H groups in total. The van der Waals surface area contributed by atoms with Gasteiger partial charge in [-0.1, -0.05) is 18.0 Å². The Bertz CT molecular complexity index is 474. The molecule has 2 aliphatic carbocycles. The van der Waals surface area contributed by atoms with Gasteiger partial charge in [-0.2, -0.15) is 0 Å². The molecular formula is C15H19ClN2O. The van der Waals surface area contributed by atoms with Crippen LogP contribution in [0.1, 0.15) is 36.0 Å². The lowest BCUT2D eigenvalue weighted by molar-refractivity contribution is 0.0754. The highest BCUT2D eigenvalue weighted by Gasteiger charge is 2.40. The molecule has 0 aromatic carbocycles. The van der Waals surface area contributed by atoms with E-state index in [9.17, 15) is 4.79 Å². The molecule has 2 bridgehead atoms. The number of hydrogen-bond acceptors (Lipinski definition) is 2. The molecule has 0 aliphatic heterocycles. The first-order valence-electron chi connectivity index (χ1n) is 7.00. The quantitative estimate of drug-likeness (QED) is 0.795. The summed E-state index contributed by atoms with van der Waals surface area (Å²) >= 11 is 5.74. The molecule has 1 amide bonds. The van der Waals surface area contributed by atoms with Crippen LogP contribution in [0.15, 0.2) is 18.3 Å². The summed E-state index contributed by atoms with van der Waals surface area (Å²) < 4.78 is 0. The van der Waals surface area contributed by atoms with Crippen LogP contribution in [-0.2, 0) is 0 Å². The van der Waals surface area contributed by atoms with E-state index in [1.54, 1.807) is 18.3 Å². The van der Waals surface area contributed by atoms with Crippen LogP contribution >= 0.6 is 11.6 Å². The molecule has 2 saturated carbocycles. The highest BCUT2D eigenvalue weighted by atomic mass is 35.5. The molecule has 3 rings (SSSR count). The molecule has 2 fully saturated rings. The van der Waals surface area contributed by atoms with Crippen molar-refractivity contribution < 1.29 is 4.79 Å². The lowest BCUT2D eigenvalue weighted by Crippen LogP contribution is -2.33. The molecule has 4 heteroatoms. The molecule has 1 aromatic heterocycles. The number of carbonyl (C=O) groups excluding carboxylic acids is 1. The van der Waals surface area contributed by atoms with Crippen LogP contribution in [0, 0.1) is 17.8 Å². The minimum absolute atomic E-state index is 0.0481. The zero-order chi connectivity index (χ0) is 13.4. The molecule has 0 spiro atoms. The Labute approximate surface area is 119 Å². The molecule has 0 radical (unpaired) electrons. The minimum Gasteiger partial charge on any atom is -0.341 e. The van der Waals surface area contributed by atoms with E-state index in [0.29, 0.717) is 16.6 Å². The Balaban J connectivity index is 1.62. The van der Waals surface area contributed by atoms with Crippen LogP contribution in [0.5, 0.6) is 0 Å². The van der Waals surface area contributed by atoms with Crippen molar-refractivity contribution >= 4 is 17.5 Å². The van der Waals surface area contributed by atoms with Gasteiger partial charge in [-0.15, -0.1) is 0 Å². The van der Waals surface area contributed by atoms with Gasteiger partial charge in [0.15, 0.2) is 0 Å². The molecule has 102 valence electrons. The molecule has 1 aromatic rings. The number of carbonyl (C=O) groups is 1. The maximum absolute atomic E-state index is 12.3. The topological polar surface area (TPSA) is 33.2 Å². The fourth-order valence-electron chi connectivity index (χ4n) is 3.76. The second-order valence-corrected chi connectivity index (χ2v) is 6.38. The average Bonchev–Trinajstić information content (AvgIpc) is 3.01. The number of aromatic nitrogens is 1. The average molecular weight is 279 g/mol. The third-order valence-corrected chi connectivity index (χ3v) is 4.94. The van der Waals surface area contributed by atoms with Crippen molar-refractivity contribution in [3.05, 3.63) is 29.0 Å². The van der Waals surface area contributed by atoms with Gasteiger partial charge in [0.05, 0.1) is 5.56 Å². The molecule has 0 saturated heterocycles. The van der Waals surface area contributed by atoms with Crippen molar-refractivity contribution in [3.63, 3.8) is 0 Å². The van der Waals surface area contributed by atoms with Crippen molar-refractivity contribution in [1.82, 2.24) is 9.88 Å². The summed E-state index contributed by atoms with van der Waals surface area (Å²) in [6.07, 6.45) is 7.01. The Morgan fingerprint density at radius 3 is 2.84 bits per heavy atom. The maximum Gasteiger partial charge on any atom is 0.255 e. The zero-order valence-electron chi connectivity index (χ0n) is 11.2. The summed E-state index contributed by atoms with van der Waals surface area (Å²) in [6.45, 7) is 0.878. The molecular weight excluding hydrogens is 260 g/mol. The van der Waals surface area contributed by atoms with Crippen molar-refractivity contribution in [2.45, 2.75) is 25.7 Å². The summed E-state index contributed by atoms with van der Waals surface area (Å²) in [6, 6.07) is 3.41. The predicted octanol–water partition coefficient (Wildman–Crippen LogP) is 3.24. The second kappa shape index (κ2) is 5.12. The van der Waals surface area contributed by atoms with Gasteiger partial charge in [-0.3, -0.25) is 4.79 Å². The van der Waals surface area contributed by atoms with E-state index in [1.165, 1.54) is 25.7 Å². The van der Waals surface area contributed by atoms with E-state index in [-0.39, 0.29) is 5.91 Å². The minimum atomic E-state index is 0.0481. The third kappa shape index (κ3) is 2.62. The van der Waals surface area contributed by atoms with E-state index < -0.39 is 0 Å². The van der Waals surface area contributed by atoms with E-state index >= 15 is 0 Å². The molecule has 1 heterocycles. The molecule has 2 aliphatic rings. The lowest BCUT2D eigenvalue weighted by Gasteiger charge is -2.27. The van der Waals surface area contributed by atoms with Crippen LogP contribution in [0.25, 0.3) is 0 Å². The number of halogens is 1. The van der Waals surface area contributed by atoms with Crippen LogP contribution in [0.2, 0.25) is 5.15 Å². The van der Waals surface area contributed by atoms with Crippen LogP contribution < -0.4 is 0 Å². The monoisotopic (exact) mass is 278 g/mol. The summed E-state index contributed by atoms with van der Waals surface area (Å²) in [7, 11) is 1.89. The van der Waals surface area contributed by atoms with E-state index in [4.69, 9.17) is 11.6 Å². The van der Waals surface area contributed by atoms with Gasteiger partial charge >= 0.3 is 0 Å². The number of pyridine rings is 1. The van der Waals surface area contributed by atoms with Gasteiger partial charge in [0.25, 0.3) is 5.91 Å². The number of fused-ring (bicyclic) bond motifs is 2.